The van der Waals surface area contributed by atoms with Gasteiger partial charge in [-0.25, -0.2) is 4.79 Å². The van der Waals surface area contributed by atoms with Gasteiger partial charge in [-0.15, -0.1) is 0 Å². The van der Waals surface area contributed by atoms with Crippen LogP contribution in [0.25, 0.3) is 0 Å². The minimum Gasteiger partial charge on any atom is -0.463 e. The number of esters is 1. The molecular weight excluding hydrogens is 280 g/mol. The minimum atomic E-state index is -0.710. The van der Waals surface area contributed by atoms with Crippen molar-refractivity contribution in [2.24, 2.45) is 5.41 Å². The number of hydrogen-bond acceptors (Lipinski definition) is 4. The molecule has 0 aromatic heterocycles. The molecule has 0 aromatic rings. The van der Waals surface area contributed by atoms with Gasteiger partial charge in [0.1, 0.15) is 11.7 Å². The lowest BCUT2D eigenvalue weighted by Crippen LogP contribution is -2.30. The lowest BCUT2D eigenvalue weighted by atomic mass is 9.78. The predicted octanol–water partition coefficient (Wildman–Crippen LogP) is 2.64. The van der Waals surface area contributed by atoms with Gasteiger partial charge in [-0.1, -0.05) is 19.1 Å². The van der Waals surface area contributed by atoms with Crippen molar-refractivity contribution < 1.29 is 19.1 Å². The molecule has 2 heterocycles. The summed E-state index contributed by atoms with van der Waals surface area (Å²) in [6, 6.07) is 0. The molecule has 2 aliphatic carbocycles. The van der Waals surface area contributed by atoms with Crippen LogP contribution in [0.2, 0.25) is 0 Å². The van der Waals surface area contributed by atoms with Gasteiger partial charge < -0.3 is 9.47 Å². The second kappa shape index (κ2) is 4.42. The smallest absolute Gasteiger partial charge is 0.337 e. The summed E-state index contributed by atoms with van der Waals surface area (Å²) in [7, 11) is 0. The summed E-state index contributed by atoms with van der Waals surface area (Å²) in [5, 5.41) is 0. The number of fused-ring (bicyclic) bond motifs is 2. The fraction of sp³-hybridized carbons (Fsp3) is 0.556. The molecule has 2 aliphatic heterocycles. The summed E-state index contributed by atoms with van der Waals surface area (Å²) < 4.78 is 11.2. The fourth-order valence-electron chi connectivity index (χ4n) is 4.36. The highest BCUT2D eigenvalue weighted by Gasteiger charge is 2.57. The largest absolute Gasteiger partial charge is 0.463 e. The number of Topliss-reactive ketones (excluding diaryl/α,β-unsaturated/α-hetero) is 1. The van der Waals surface area contributed by atoms with Crippen molar-refractivity contribution in [1.82, 2.24) is 0 Å². The molecule has 4 nitrogen and oxygen atoms in total. The Morgan fingerprint density at radius 3 is 3.00 bits per heavy atom. The van der Waals surface area contributed by atoms with E-state index in [4.69, 9.17) is 9.47 Å². The van der Waals surface area contributed by atoms with Gasteiger partial charge in [0.15, 0.2) is 5.78 Å². The third kappa shape index (κ3) is 1.62. The Morgan fingerprint density at radius 1 is 1.41 bits per heavy atom. The first-order valence-electron chi connectivity index (χ1n) is 8.05. The van der Waals surface area contributed by atoms with Crippen LogP contribution in [0.4, 0.5) is 0 Å². The van der Waals surface area contributed by atoms with Crippen molar-refractivity contribution in [3.63, 3.8) is 0 Å². The van der Waals surface area contributed by atoms with Crippen LogP contribution in [0.15, 0.2) is 34.9 Å². The lowest BCUT2D eigenvalue weighted by Gasteiger charge is -2.26. The van der Waals surface area contributed by atoms with Gasteiger partial charge in [-0.3, -0.25) is 4.79 Å². The van der Waals surface area contributed by atoms with Crippen LogP contribution in [0.1, 0.15) is 39.5 Å². The Kier molecular flexibility index (Phi) is 2.80. The predicted molar refractivity (Wildman–Crippen MR) is 80.1 cm³/mol. The molecule has 1 spiro atoms. The lowest BCUT2D eigenvalue weighted by molar-refractivity contribution is -0.139. The van der Waals surface area contributed by atoms with E-state index in [1.165, 1.54) is 0 Å². The van der Waals surface area contributed by atoms with Gasteiger partial charge >= 0.3 is 5.97 Å². The normalized spacial score (nSPS) is 38.7. The maximum atomic E-state index is 13.2. The molecular formula is C18H20O4. The zero-order chi connectivity index (χ0) is 15.5. The average molecular weight is 300 g/mol. The first-order chi connectivity index (χ1) is 10.5. The number of carbonyl (C=O) groups excluding carboxylic acids is 2. The minimum absolute atomic E-state index is 0.00703. The van der Waals surface area contributed by atoms with Crippen molar-refractivity contribution in [2.75, 3.05) is 6.61 Å². The zero-order valence-corrected chi connectivity index (χ0v) is 13.0. The van der Waals surface area contributed by atoms with E-state index >= 15 is 0 Å². The maximum Gasteiger partial charge on any atom is 0.337 e. The van der Waals surface area contributed by atoms with E-state index in [0.29, 0.717) is 17.8 Å². The second-order valence-corrected chi connectivity index (χ2v) is 6.84. The molecule has 0 saturated heterocycles. The van der Waals surface area contributed by atoms with E-state index in [0.717, 1.165) is 31.3 Å². The third-order valence-corrected chi connectivity index (χ3v) is 5.56. The Hall–Kier alpha value is -1.68. The van der Waals surface area contributed by atoms with Crippen LogP contribution in [0.5, 0.6) is 0 Å². The molecule has 0 amide bonds. The van der Waals surface area contributed by atoms with Crippen LogP contribution in [-0.2, 0) is 19.1 Å². The van der Waals surface area contributed by atoms with Crippen molar-refractivity contribution in [3.8, 4) is 0 Å². The topological polar surface area (TPSA) is 52.6 Å². The van der Waals surface area contributed by atoms with E-state index in [9.17, 15) is 9.59 Å². The van der Waals surface area contributed by atoms with Crippen molar-refractivity contribution in [2.45, 2.75) is 51.2 Å². The van der Waals surface area contributed by atoms with Crippen LogP contribution < -0.4 is 0 Å². The summed E-state index contributed by atoms with van der Waals surface area (Å²) >= 11 is 0. The number of allylic oxidation sites excluding steroid dienone is 2. The van der Waals surface area contributed by atoms with E-state index in [1.54, 1.807) is 6.92 Å². The van der Waals surface area contributed by atoms with Gasteiger partial charge in [0.25, 0.3) is 0 Å². The highest BCUT2D eigenvalue weighted by atomic mass is 16.5. The van der Waals surface area contributed by atoms with Crippen LogP contribution in [0, 0.1) is 5.41 Å². The van der Waals surface area contributed by atoms with Crippen LogP contribution in [-0.4, -0.2) is 30.1 Å². The summed E-state index contributed by atoms with van der Waals surface area (Å²) in [4.78, 5) is 25.5. The molecule has 2 bridgehead atoms. The summed E-state index contributed by atoms with van der Waals surface area (Å²) in [6.45, 7) is 4.23. The van der Waals surface area contributed by atoms with E-state index in [1.807, 2.05) is 18.2 Å². The van der Waals surface area contributed by atoms with Gasteiger partial charge in [0, 0.05) is 11.1 Å². The Balaban J connectivity index is 1.87. The van der Waals surface area contributed by atoms with Crippen LogP contribution in [0.3, 0.4) is 0 Å². The Morgan fingerprint density at radius 2 is 2.23 bits per heavy atom. The number of carbonyl (C=O) groups is 2. The van der Waals surface area contributed by atoms with E-state index in [2.05, 4.69) is 6.92 Å². The number of hydrogen-bond donors (Lipinski definition) is 0. The monoisotopic (exact) mass is 300 g/mol. The molecule has 4 aliphatic rings. The molecule has 1 fully saturated rings. The number of ether oxygens (including phenoxy) is 2. The molecule has 0 aromatic carbocycles. The summed E-state index contributed by atoms with van der Waals surface area (Å²) in [5.41, 5.74) is 1.03. The molecule has 1 saturated carbocycles. The van der Waals surface area contributed by atoms with Gasteiger partial charge in [-0.05, 0) is 44.1 Å². The van der Waals surface area contributed by atoms with Gasteiger partial charge in [-0.2, -0.15) is 0 Å². The molecule has 0 radical (unpaired) electrons. The molecule has 0 unspecified atom stereocenters. The highest BCUT2D eigenvalue weighted by Crippen LogP contribution is 2.55. The SMILES string of the molecule is CCOC(=O)C1=C2C(=O)C3=CCC[C@@]3(C)CC[C@]23C=C[C@H]1O3. The molecule has 3 atom stereocenters. The molecule has 22 heavy (non-hydrogen) atoms. The number of ketones is 1. The van der Waals surface area contributed by atoms with Crippen molar-refractivity contribution in [1.29, 1.82) is 0 Å². The molecule has 4 heteroatoms. The van der Waals surface area contributed by atoms with Gasteiger partial charge in [0.05, 0.1) is 12.2 Å². The van der Waals surface area contributed by atoms with Crippen molar-refractivity contribution >= 4 is 11.8 Å². The Labute approximate surface area is 129 Å². The zero-order valence-electron chi connectivity index (χ0n) is 13.0. The maximum absolute atomic E-state index is 13.2. The molecule has 4 rings (SSSR count). The van der Waals surface area contributed by atoms with Crippen molar-refractivity contribution in [3.05, 3.63) is 34.9 Å². The molecule has 116 valence electrons. The first-order valence-corrected chi connectivity index (χ1v) is 8.05. The summed E-state index contributed by atoms with van der Waals surface area (Å²) in [6.07, 6.45) is 9.07. The highest BCUT2D eigenvalue weighted by molar-refractivity contribution is 6.16. The third-order valence-electron chi connectivity index (χ3n) is 5.56. The van der Waals surface area contributed by atoms with Gasteiger partial charge in [0.2, 0.25) is 0 Å². The fourth-order valence-corrected chi connectivity index (χ4v) is 4.36. The average Bonchev–Trinajstić information content (AvgIpc) is 3.14. The molecule has 0 N–H and O–H groups in total. The quantitative estimate of drug-likeness (QED) is 0.581. The van der Waals surface area contributed by atoms with Crippen LogP contribution >= 0.6 is 0 Å². The van der Waals surface area contributed by atoms with E-state index in [-0.39, 0.29) is 11.2 Å². The summed E-state index contributed by atoms with van der Waals surface area (Å²) in [5.74, 6) is -0.420. The second-order valence-electron chi connectivity index (χ2n) is 6.84. The number of rotatable bonds is 2. The Bertz CT molecular complexity index is 669. The standard InChI is InChI=1S/C18H20O4/c1-3-21-16(20)13-12-6-8-18(22-12)10-9-17(2)7-4-5-11(17)15(19)14(13)18/h5-6,8,12H,3-4,7,9-10H2,1-2H3/t12-,17+,18-/m1/s1. The van der Waals surface area contributed by atoms with E-state index < -0.39 is 17.7 Å². The first kappa shape index (κ1) is 13.9.